The summed E-state index contributed by atoms with van der Waals surface area (Å²) in [4.78, 5) is 14.3. The van der Waals surface area contributed by atoms with Gasteiger partial charge in [0.15, 0.2) is 5.82 Å². The van der Waals surface area contributed by atoms with Crippen molar-refractivity contribution in [1.82, 2.24) is 4.98 Å². The predicted octanol–water partition coefficient (Wildman–Crippen LogP) is 1.38. The van der Waals surface area contributed by atoms with E-state index in [-0.39, 0.29) is 5.56 Å². The van der Waals surface area contributed by atoms with Crippen LogP contribution in [0.2, 0.25) is 0 Å². The van der Waals surface area contributed by atoms with E-state index in [2.05, 4.69) is 15.2 Å². The second-order valence-corrected chi connectivity index (χ2v) is 2.41. The maximum atomic E-state index is 10.5. The van der Waals surface area contributed by atoms with Crippen molar-refractivity contribution in [3.05, 3.63) is 23.4 Å². The first-order chi connectivity index (χ1) is 5.77. The van der Waals surface area contributed by atoms with E-state index in [1.54, 1.807) is 6.07 Å². The van der Waals surface area contributed by atoms with Gasteiger partial charge in [-0.05, 0) is 6.07 Å². The minimum Gasteiger partial charge on any atom is -0.478 e. The van der Waals surface area contributed by atoms with Gasteiger partial charge in [-0.3, -0.25) is 0 Å². The smallest absolute Gasteiger partial charge is 0.337 e. The lowest BCUT2D eigenvalue weighted by Gasteiger charge is -1.95. The molecule has 1 aromatic rings. The molecule has 0 spiro atoms. The van der Waals surface area contributed by atoms with E-state index >= 15 is 0 Å². The van der Waals surface area contributed by atoms with Gasteiger partial charge in [0.1, 0.15) is 0 Å². The van der Waals surface area contributed by atoms with Crippen molar-refractivity contribution in [1.29, 1.82) is 0 Å². The highest BCUT2D eigenvalue weighted by atomic mass is 16.4. The Morgan fingerprint density at radius 2 is 2.42 bits per heavy atom. The normalized spacial score (nSPS) is 13.0. The first-order valence-electron chi connectivity index (χ1n) is 3.37. The zero-order valence-corrected chi connectivity index (χ0v) is 6.06. The molecule has 2 rings (SSSR count). The molecule has 0 fully saturated rings. The first-order valence-corrected chi connectivity index (χ1v) is 3.37. The van der Waals surface area contributed by atoms with Crippen LogP contribution in [-0.2, 0) is 6.54 Å². The Kier molecular flexibility index (Phi) is 1.36. The van der Waals surface area contributed by atoms with Crippen LogP contribution in [0.1, 0.15) is 15.9 Å². The molecule has 0 unspecified atom stereocenters. The van der Waals surface area contributed by atoms with Crippen LogP contribution in [0.15, 0.2) is 22.5 Å². The van der Waals surface area contributed by atoms with Gasteiger partial charge < -0.3 is 5.11 Å². The van der Waals surface area contributed by atoms with Crippen molar-refractivity contribution in [3.63, 3.8) is 0 Å². The Hall–Kier alpha value is -1.78. The maximum absolute atomic E-state index is 10.5. The molecule has 1 aliphatic rings. The molecule has 2 heterocycles. The molecule has 0 aliphatic carbocycles. The zero-order valence-electron chi connectivity index (χ0n) is 6.06. The second-order valence-electron chi connectivity index (χ2n) is 2.41. The summed E-state index contributed by atoms with van der Waals surface area (Å²) in [6, 6.07) is 1.55. The number of carboxylic acid groups (broad SMARTS) is 1. The lowest BCUT2D eigenvalue weighted by Crippen LogP contribution is -1.97. The molecule has 0 amide bonds. The number of hydrogen-bond acceptors (Lipinski definition) is 4. The molecule has 0 radical (unpaired) electrons. The molecule has 5 nitrogen and oxygen atoms in total. The van der Waals surface area contributed by atoms with E-state index in [0.29, 0.717) is 12.4 Å². The Labute approximate surface area is 67.8 Å². The minimum absolute atomic E-state index is 0.182. The van der Waals surface area contributed by atoms with Crippen molar-refractivity contribution in [2.24, 2.45) is 10.2 Å². The molecule has 0 saturated carbocycles. The van der Waals surface area contributed by atoms with Gasteiger partial charge in [0.2, 0.25) is 0 Å². The van der Waals surface area contributed by atoms with Crippen molar-refractivity contribution >= 4 is 11.8 Å². The summed E-state index contributed by atoms with van der Waals surface area (Å²) in [5.41, 5.74) is 0.955. The summed E-state index contributed by atoms with van der Waals surface area (Å²) in [6.07, 6.45) is 1.28. The standard InChI is InChI=1S/C7H5N3O2/c11-7(12)5-1-4-3-9-10-6(4)8-2-5/h1-2H,3H2,(H,11,12). The van der Waals surface area contributed by atoms with E-state index in [0.717, 1.165) is 5.56 Å². The van der Waals surface area contributed by atoms with Gasteiger partial charge in [-0.2, -0.15) is 5.11 Å². The van der Waals surface area contributed by atoms with Gasteiger partial charge in [-0.1, -0.05) is 0 Å². The summed E-state index contributed by atoms with van der Waals surface area (Å²) in [7, 11) is 0. The molecule has 60 valence electrons. The van der Waals surface area contributed by atoms with Gasteiger partial charge in [0.05, 0.1) is 12.1 Å². The van der Waals surface area contributed by atoms with E-state index in [9.17, 15) is 4.79 Å². The third kappa shape index (κ3) is 0.952. The van der Waals surface area contributed by atoms with Gasteiger partial charge in [-0.25, -0.2) is 9.78 Å². The van der Waals surface area contributed by atoms with Crippen LogP contribution in [0.4, 0.5) is 5.82 Å². The van der Waals surface area contributed by atoms with Gasteiger partial charge in [0.25, 0.3) is 0 Å². The summed E-state index contributed by atoms with van der Waals surface area (Å²) < 4.78 is 0. The third-order valence-electron chi connectivity index (χ3n) is 1.60. The number of carbonyl (C=O) groups is 1. The van der Waals surface area contributed by atoms with Crippen LogP contribution in [-0.4, -0.2) is 16.1 Å². The summed E-state index contributed by atoms with van der Waals surface area (Å²) in [6.45, 7) is 0.434. The lowest BCUT2D eigenvalue weighted by atomic mass is 10.2. The van der Waals surface area contributed by atoms with E-state index < -0.39 is 5.97 Å². The molecule has 1 aromatic heterocycles. The van der Waals surface area contributed by atoms with E-state index in [4.69, 9.17) is 5.11 Å². The minimum atomic E-state index is -0.975. The van der Waals surface area contributed by atoms with Gasteiger partial charge in [0, 0.05) is 11.8 Å². The zero-order chi connectivity index (χ0) is 8.55. The molecule has 0 saturated heterocycles. The van der Waals surface area contributed by atoms with Crippen LogP contribution in [0, 0.1) is 0 Å². The second kappa shape index (κ2) is 2.37. The number of aromatic carboxylic acids is 1. The maximum Gasteiger partial charge on any atom is 0.337 e. The van der Waals surface area contributed by atoms with Crippen LogP contribution in [0.25, 0.3) is 0 Å². The van der Waals surface area contributed by atoms with E-state index in [1.807, 2.05) is 0 Å². The first kappa shape index (κ1) is 6.90. The molecular weight excluding hydrogens is 158 g/mol. The number of pyridine rings is 1. The number of carboxylic acids is 1. The fourth-order valence-electron chi connectivity index (χ4n) is 1.00. The number of hydrogen-bond donors (Lipinski definition) is 1. The molecular formula is C7H5N3O2. The number of aromatic nitrogens is 1. The fraction of sp³-hybridized carbons (Fsp3) is 0.143. The highest BCUT2D eigenvalue weighted by molar-refractivity contribution is 5.87. The van der Waals surface area contributed by atoms with Crippen molar-refractivity contribution in [3.8, 4) is 0 Å². The highest BCUT2D eigenvalue weighted by Crippen LogP contribution is 2.24. The molecule has 0 atom stereocenters. The summed E-state index contributed by atoms with van der Waals surface area (Å²) in [5, 5.41) is 16.1. The highest BCUT2D eigenvalue weighted by Gasteiger charge is 2.12. The number of azo groups is 1. The molecule has 1 N–H and O–H groups in total. The number of nitrogens with zero attached hydrogens (tertiary/aromatic N) is 3. The number of rotatable bonds is 1. The molecule has 5 heteroatoms. The molecule has 1 aliphatic heterocycles. The van der Waals surface area contributed by atoms with Crippen LogP contribution >= 0.6 is 0 Å². The Balaban J connectivity index is 2.49. The van der Waals surface area contributed by atoms with Crippen LogP contribution in [0.5, 0.6) is 0 Å². The fourth-order valence-corrected chi connectivity index (χ4v) is 1.00. The predicted molar refractivity (Wildman–Crippen MR) is 39.4 cm³/mol. The lowest BCUT2D eigenvalue weighted by molar-refractivity contribution is 0.0696. The summed E-state index contributed by atoms with van der Waals surface area (Å²) in [5.74, 6) is -0.447. The average molecular weight is 163 g/mol. The average Bonchev–Trinajstić information content (AvgIpc) is 2.49. The van der Waals surface area contributed by atoms with Crippen molar-refractivity contribution in [2.45, 2.75) is 6.54 Å². The monoisotopic (exact) mass is 163 g/mol. The van der Waals surface area contributed by atoms with Crippen LogP contribution < -0.4 is 0 Å². The third-order valence-corrected chi connectivity index (χ3v) is 1.60. The van der Waals surface area contributed by atoms with E-state index in [1.165, 1.54) is 6.20 Å². The largest absolute Gasteiger partial charge is 0.478 e. The van der Waals surface area contributed by atoms with Crippen molar-refractivity contribution < 1.29 is 9.90 Å². The Morgan fingerprint density at radius 3 is 3.17 bits per heavy atom. The topological polar surface area (TPSA) is 74.9 Å². The molecule has 12 heavy (non-hydrogen) atoms. The Morgan fingerprint density at radius 1 is 1.58 bits per heavy atom. The quantitative estimate of drug-likeness (QED) is 0.679. The van der Waals surface area contributed by atoms with Gasteiger partial charge >= 0.3 is 5.97 Å². The number of fused-ring (bicyclic) bond motifs is 1. The molecule has 0 bridgehead atoms. The SMILES string of the molecule is O=C(O)c1cnc2c(c1)CN=N2. The van der Waals surface area contributed by atoms with Gasteiger partial charge in [-0.15, -0.1) is 5.11 Å². The Bertz CT molecular complexity index is 373. The summed E-state index contributed by atoms with van der Waals surface area (Å²) >= 11 is 0. The van der Waals surface area contributed by atoms with Crippen molar-refractivity contribution in [2.75, 3.05) is 0 Å². The molecule has 0 aromatic carbocycles. The van der Waals surface area contributed by atoms with Crippen LogP contribution in [0.3, 0.4) is 0 Å².